The van der Waals surface area contributed by atoms with Crippen molar-refractivity contribution in [2.24, 2.45) is 0 Å². The zero-order valence-corrected chi connectivity index (χ0v) is 13.5. The molecule has 0 radical (unpaired) electrons. The van der Waals surface area contributed by atoms with E-state index in [-0.39, 0.29) is 5.75 Å². The van der Waals surface area contributed by atoms with Gasteiger partial charge in [0, 0.05) is 16.7 Å². The Morgan fingerprint density at radius 1 is 1.00 bits per heavy atom. The van der Waals surface area contributed by atoms with Crippen LogP contribution >= 0.6 is 11.6 Å². The van der Waals surface area contributed by atoms with Crippen LogP contribution in [0.1, 0.15) is 15.9 Å². The van der Waals surface area contributed by atoms with Gasteiger partial charge >= 0.3 is 6.61 Å². The van der Waals surface area contributed by atoms with Gasteiger partial charge in [0.2, 0.25) is 0 Å². The van der Waals surface area contributed by atoms with Crippen molar-refractivity contribution >= 4 is 29.5 Å². The van der Waals surface area contributed by atoms with Crippen molar-refractivity contribution in [2.75, 3.05) is 0 Å². The molecule has 130 valence electrons. The summed E-state index contributed by atoms with van der Waals surface area (Å²) in [7, 11) is 0. The summed E-state index contributed by atoms with van der Waals surface area (Å²) in [6.07, 6.45) is 2.64. The second-order valence-electron chi connectivity index (χ2n) is 4.73. The van der Waals surface area contributed by atoms with Gasteiger partial charge in [0.15, 0.2) is 0 Å². The van der Waals surface area contributed by atoms with Gasteiger partial charge in [-0.2, -0.15) is 8.78 Å². The zero-order valence-electron chi connectivity index (χ0n) is 12.7. The lowest BCUT2D eigenvalue weighted by Crippen LogP contribution is -2.40. The number of carbonyl (C=O) groups is 2. The summed E-state index contributed by atoms with van der Waals surface area (Å²) in [5, 5.41) is 0.494. The van der Waals surface area contributed by atoms with Gasteiger partial charge in [0.05, 0.1) is 0 Å². The Balaban J connectivity index is 1.84. The van der Waals surface area contributed by atoms with Crippen LogP contribution in [-0.4, -0.2) is 18.4 Å². The Kier molecular flexibility index (Phi) is 6.47. The lowest BCUT2D eigenvalue weighted by Gasteiger charge is -2.05. The zero-order chi connectivity index (χ0) is 18.2. The highest BCUT2D eigenvalue weighted by atomic mass is 35.5. The van der Waals surface area contributed by atoms with Gasteiger partial charge in [0.25, 0.3) is 11.8 Å². The molecule has 2 aromatic carbocycles. The molecule has 2 aromatic rings. The van der Waals surface area contributed by atoms with E-state index >= 15 is 0 Å². The molecule has 0 aliphatic rings. The van der Waals surface area contributed by atoms with E-state index in [2.05, 4.69) is 15.6 Å². The topological polar surface area (TPSA) is 67.4 Å². The Bertz CT molecular complexity index is 762. The first-order valence-corrected chi connectivity index (χ1v) is 7.40. The van der Waals surface area contributed by atoms with Gasteiger partial charge < -0.3 is 4.74 Å². The van der Waals surface area contributed by atoms with E-state index in [1.165, 1.54) is 48.6 Å². The van der Waals surface area contributed by atoms with Gasteiger partial charge in [-0.3, -0.25) is 20.4 Å². The van der Waals surface area contributed by atoms with Crippen LogP contribution in [0.5, 0.6) is 5.75 Å². The standard InChI is InChI=1S/C17H13ClF2N2O3/c18-13-6-4-12(5-7-13)16(24)22-21-15(23)10-3-11-1-8-14(9-2-11)25-17(19)20/h1-10,17H,(H,21,23)(H,22,24)/b10-3+. The minimum Gasteiger partial charge on any atom is -0.435 e. The number of halogens is 3. The largest absolute Gasteiger partial charge is 0.435 e. The van der Waals surface area contributed by atoms with Crippen molar-refractivity contribution in [1.29, 1.82) is 0 Å². The fourth-order valence-electron chi connectivity index (χ4n) is 1.77. The van der Waals surface area contributed by atoms with E-state index in [9.17, 15) is 18.4 Å². The Morgan fingerprint density at radius 3 is 2.24 bits per heavy atom. The monoisotopic (exact) mass is 366 g/mol. The molecule has 0 saturated carbocycles. The number of amides is 2. The maximum absolute atomic E-state index is 12.0. The molecule has 0 fully saturated rings. The highest BCUT2D eigenvalue weighted by Crippen LogP contribution is 2.15. The first-order chi connectivity index (χ1) is 11.9. The van der Waals surface area contributed by atoms with Crippen molar-refractivity contribution in [1.82, 2.24) is 10.9 Å². The normalized spacial score (nSPS) is 10.7. The number of hydrogen-bond acceptors (Lipinski definition) is 3. The van der Waals surface area contributed by atoms with Gasteiger partial charge in [-0.1, -0.05) is 23.7 Å². The van der Waals surface area contributed by atoms with Gasteiger partial charge in [-0.25, -0.2) is 0 Å². The molecule has 5 nitrogen and oxygen atoms in total. The fraction of sp³-hybridized carbons (Fsp3) is 0.0588. The van der Waals surface area contributed by atoms with Crippen LogP contribution in [0.3, 0.4) is 0 Å². The summed E-state index contributed by atoms with van der Waals surface area (Å²) in [6, 6.07) is 11.9. The van der Waals surface area contributed by atoms with E-state index in [1.54, 1.807) is 12.1 Å². The van der Waals surface area contributed by atoms with Gasteiger partial charge in [-0.15, -0.1) is 0 Å². The molecule has 2 rings (SSSR count). The average Bonchev–Trinajstić information content (AvgIpc) is 2.59. The van der Waals surface area contributed by atoms with E-state index in [0.717, 1.165) is 0 Å². The Hall–Kier alpha value is -2.93. The molecule has 0 atom stereocenters. The number of hydrogen-bond donors (Lipinski definition) is 2. The van der Waals surface area contributed by atoms with Crippen LogP contribution in [-0.2, 0) is 4.79 Å². The molecule has 0 aliphatic heterocycles. The molecule has 2 N–H and O–H groups in total. The van der Waals surface area contributed by atoms with E-state index < -0.39 is 18.4 Å². The highest BCUT2D eigenvalue weighted by Gasteiger charge is 2.06. The molecule has 0 saturated heterocycles. The summed E-state index contributed by atoms with van der Waals surface area (Å²) in [5.41, 5.74) is 5.40. The van der Waals surface area contributed by atoms with Crippen molar-refractivity contribution in [3.05, 3.63) is 70.8 Å². The number of alkyl halides is 2. The minimum absolute atomic E-state index is 0.0202. The second-order valence-corrected chi connectivity index (χ2v) is 5.17. The quantitative estimate of drug-likeness (QED) is 0.629. The maximum atomic E-state index is 12.0. The van der Waals surface area contributed by atoms with Crippen LogP contribution < -0.4 is 15.6 Å². The van der Waals surface area contributed by atoms with Crippen LogP contribution in [0.2, 0.25) is 5.02 Å². The van der Waals surface area contributed by atoms with Crippen LogP contribution in [0.4, 0.5) is 8.78 Å². The van der Waals surface area contributed by atoms with Crippen molar-refractivity contribution in [2.45, 2.75) is 6.61 Å². The molecule has 2 amide bonds. The first-order valence-electron chi connectivity index (χ1n) is 7.03. The second kappa shape index (κ2) is 8.79. The summed E-state index contributed by atoms with van der Waals surface area (Å²) in [5.74, 6) is -1.03. The summed E-state index contributed by atoms with van der Waals surface area (Å²) < 4.78 is 28.3. The predicted molar refractivity (Wildman–Crippen MR) is 89.2 cm³/mol. The smallest absolute Gasteiger partial charge is 0.387 e. The highest BCUT2D eigenvalue weighted by molar-refractivity contribution is 6.30. The fourth-order valence-corrected chi connectivity index (χ4v) is 1.89. The predicted octanol–water partition coefficient (Wildman–Crippen LogP) is 3.42. The maximum Gasteiger partial charge on any atom is 0.387 e. The van der Waals surface area contributed by atoms with E-state index in [0.29, 0.717) is 16.1 Å². The van der Waals surface area contributed by atoms with Crippen LogP contribution in [0.25, 0.3) is 6.08 Å². The van der Waals surface area contributed by atoms with Gasteiger partial charge in [-0.05, 0) is 48.0 Å². The molecular weight excluding hydrogens is 354 g/mol. The summed E-state index contributed by atoms with van der Waals surface area (Å²) in [4.78, 5) is 23.5. The Morgan fingerprint density at radius 2 is 1.64 bits per heavy atom. The van der Waals surface area contributed by atoms with Crippen molar-refractivity contribution < 1.29 is 23.1 Å². The number of rotatable bonds is 5. The van der Waals surface area contributed by atoms with Crippen LogP contribution in [0.15, 0.2) is 54.6 Å². The summed E-state index contributed by atoms with van der Waals surface area (Å²) >= 11 is 5.72. The third kappa shape index (κ3) is 6.23. The number of benzene rings is 2. The molecule has 0 spiro atoms. The number of ether oxygens (including phenoxy) is 1. The molecule has 25 heavy (non-hydrogen) atoms. The Labute approximate surface area is 147 Å². The third-order valence-electron chi connectivity index (χ3n) is 2.94. The molecule has 0 unspecified atom stereocenters. The summed E-state index contributed by atoms with van der Waals surface area (Å²) in [6.45, 7) is -2.89. The molecule has 0 aromatic heterocycles. The first kappa shape index (κ1) is 18.4. The third-order valence-corrected chi connectivity index (χ3v) is 3.19. The van der Waals surface area contributed by atoms with Crippen molar-refractivity contribution in [3.8, 4) is 5.75 Å². The van der Waals surface area contributed by atoms with E-state index in [4.69, 9.17) is 11.6 Å². The number of nitrogens with one attached hydrogen (secondary N) is 2. The molecule has 8 heteroatoms. The van der Waals surface area contributed by atoms with Crippen molar-refractivity contribution in [3.63, 3.8) is 0 Å². The molecule has 0 aliphatic carbocycles. The lowest BCUT2D eigenvalue weighted by molar-refractivity contribution is -0.117. The number of hydrazine groups is 1. The van der Waals surface area contributed by atoms with Crippen LogP contribution in [0, 0.1) is 0 Å². The minimum atomic E-state index is -2.89. The van der Waals surface area contributed by atoms with E-state index in [1.807, 2.05) is 0 Å². The molecular formula is C17H13ClF2N2O3. The van der Waals surface area contributed by atoms with Gasteiger partial charge in [0.1, 0.15) is 5.75 Å². The SMILES string of the molecule is O=C(/C=C/c1ccc(OC(F)F)cc1)NNC(=O)c1ccc(Cl)cc1. The lowest BCUT2D eigenvalue weighted by atomic mass is 10.2. The number of carbonyl (C=O) groups excluding carboxylic acids is 2. The molecule has 0 heterocycles. The average molecular weight is 367 g/mol. The molecule has 0 bridgehead atoms.